The number of Topliss-reactive ketones (excluding diaryl/α,β-unsaturated/α-hetero) is 1. The number of nitrogens with one attached hydrogen (secondary N) is 2. The van der Waals surface area contributed by atoms with Gasteiger partial charge in [0.15, 0.2) is 17.3 Å². The molecule has 0 radical (unpaired) electrons. The van der Waals surface area contributed by atoms with E-state index >= 15 is 0 Å². The second-order valence-electron chi connectivity index (χ2n) is 5.67. The second kappa shape index (κ2) is 7.46. The van der Waals surface area contributed by atoms with Crippen LogP contribution in [0.5, 0.6) is 0 Å². The van der Waals surface area contributed by atoms with Gasteiger partial charge in [0.25, 0.3) is 15.9 Å². The molecule has 138 valence electrons. The smallest absolute Gasteiger partial charge is 0.291 e. The van der Waals surface area contributed by atoms with Crippen LogP contribution in [0.4, 0.5) is 11.4 Å². The number of carbonyl (C=O) groups is 2. The molecule has 0 aliphatic rings. The second-order valence-corrected chi connectivity index (χ2v) is 7.35. The van der Waals surface area contributed by atoms with Crippen molar-refractivity contribution in [3.05, 3.63) is 78.3 Å². The maximum absolute atomic E-state index is 12.3. The van der Waals surface area contributed by atoms with E-state index in [-0.39, 0.29) is 22.2 Å². The molecule has 1 heterocycles. The standard InChI is InChI=1S/C19H16N2O5S/c1-13(22)17-11-12-18(26-17)19(23)20-14-7-9-15(10-8-14)21-27(24,25)16-5-3-2-4-6-16/h2-12,21H,1H3,(H,20,23). The van der Waals surface area contributed by atoms with Crippen molar-refractivity contribution in [2.45, 2.75) is 11.8 Å². The van der Waals surface area contributed by atoms with Gasteiger partial charge in [-0.2, -0.15) is 0 Å². The first-order valence-electron chi connectivity index (χ1n) is 7.95. The Morgan fingerprint density at radius 3 is 2.00 bits per heavy atom. The van der Waals surface area contributed by atoms with Crippen molar-refractivity contribution in [2.75, 3.05) is 10.0 Å². The quantitative estimate of drug-likeness (QED) is 0.633. The fourth-order valence-corrected chi connectivity index (χ4v) is 3.36. The lowest BCUT2D eigenvalue weighted by Gasteiger charge is -2.09. The number of carbonyl (C=O) groups excluding carboxylic acids is 2. The van der Waals surface area contributed by atoms with Crippen LogP contribution in [0.25, 0.3) is 0 Å². The number of hydrogen-bond donors (Lipinski definition) is 2. The summed E-state index contributed by atoms with van der Waals surface area (Å²) in [6.45, 7) is 1.34. The van der Waals surface area contributed by atoms with Gasteiger partial charge in [-0.05, 0) is 48.5 Å². The molecule has 2 N–H and O–H groups in total. The number of anilines is 2. The van der Waals surface area contributed by atoms with Gasteiger partial charge < -0.3 is 9.73 Å². The van der Waals surface area contributed by atoms with E-state index in [0.29, 0.717) is 11.4 Å². The van der Waals surface area contributed by atoms with E-state index in [4.69, 9.17) is 4.42 Å². The van der Waals surface area contributed by atoms with Crippen LogP contribution >= 0.6 is 0 Å². The van der Waals surface area contributed by atoms with Crippen molar-refractivity contribution >= 4 is 33.1 Å². The molecule has 2 aromatic carbocycles. The number of rotatable bonds is 6. The van der Waals surface area contributed by atoms with Gasteiger partial charge in [-0.15, -0.1) is 0 Å². The lowest BCUT2D eigenvalue weighted by molar-refractivity contribution is 0.0969. The number of hydrogen-bond acceptors (Lipinski definition) is 5. The van der Waals surface area contributed by atoms with Crippen LogP contribution in [-0.2, 0) is 10.0 Å². The van der Waals surface area contributed by atoms with Crippen LogP contribution in [-0.4, -0.2) is 20.1 Å². The zero-order valence-corrected chi connectivity index (χ0v) is 15.1. The van der Waals surface area contributed by atoms with Crippen molar-refractivity contribution in [2.24, 2.45) is 0 Å². The highest BCUT2D eigenvalue weighted by Crippen LogP contribution is 2.19. The summed E-state index contributed by atoms with van der Waals surface area (Å²) in [4.78, 5) is 23.5. The number of sulfonamides is 1. The first kappa shape index (κ1) is 18.4. The first-order chi connectivity index (χ1) is 12.8. The van der Waals surface area contributed by atoms with Gasteiger partial charge in [0, 0.05) is 18.3 Å². The Morgan fingerprint density at radius 2 is 1.41 bits per heavy atom. The van der Waals surface area contributed by atoms with Gasteiger partial charge in [0.2, 0.25) is 0 Å². The summed E-state index contributed by atoms with van der Waals surface area (Å²) in [5.41, 5.74) is 0.803. The predicted molar refractivity (Wildman–Crippen MR) is 100 cm³/mol. The fourth-order valence-electron chi connectivity index (χ4n) is 2.28. The summed E-state index contributed by atoms with van der Waals surface area (Å²) in [5, 5.41) is 2.61. The summed E-state index contributed by atoms with van der Waals surface area (Å²) in [5.74, 6) is -0.677. The molecule has 0 aliphatic heterocycles. The van der Waals surface area contributed by atoms with Crippen molar-refractivity contribution in [1.29, 1.82) is 0 Å². The highest BCUT2D eigenvalue weighted by Gasteiger charge is 2.15. The van der Waals surface area contributed by atoms with E-state index in [2.05, 4.69) is 10.0 Å². The van der Waals surface area contributed by atoms with Crippen molar-refractivity contribution in [3.63, 3.8) is 0 Å². The molecule has 0 saturated carbocycles. The molecule has 0 fully saturated rings. The molecule has 0 aliphatic carbocycles. The van der Waals surface area contributed by atoms with Crippen molar-refractivity contribution < 1.29 is 22.4 Å². The van der Waals surface area contributed by atoms with Crippen LogP contribution < -0.4 is 10.0 Å². The van der Waals surface area contributed by atoms with E-state index in [9.17, 15) is 18.0 Å². The molecule has 0 atom stereocenters. The highest BCUT2D eigenvalue weighted by molar-refractivity contribution is 7.92. The zero-order chi connectivity index (χ0) is 19.4. The third-order valence-electron chi connectivity index (χ3n) is 3.63. The maximum Gasteiger partial charge on any atom is 0.291 e. The van der Waals surface area contributed by atoms with Crippen LogP contribution in [0.15, 0.2) is 76.0 Å². The molecule has 0 saturated heterocycles. The van der Waals surface area contributed by atoms with Gasteiger partial charge in [-0.25, -0.2) is 8.42 Å². The van der Waals surface area contributed by atoms with Crippen LogP contribution in [0.2, 0.25) is 0 Å². The SMILES string of the molecule is CC(=O)c1ccc(C(=O)Nc2ccc(NS(=O)(=O)c3ccccc3)cc2)o1. The van der Waals surface area contributed by atoms with E-state index in [1.165, 1.54) is 43.3 Å². The molecule has 0 spiro atoms. The lowest BCUT2D eigenvalue weighted by Crippen LogP contribution is -2.13. The van der Waals surface area contributed by atoms with Crippen LogP contribution in [0.1, 0.15) is 28.0 Å². The minimum Gasteiger partial charge on any atom is -0.448 e. The van der Waals surface area contributed by atoms with Crippen LogP contribution in [0.3, 0.4) is 0 Å². The van der Waals surface area contributed by atoms with Crippen molar-refractivity contribution in [3.8, 4) is 0 Å². The number of furan rings is 1. The summed E-state index contributed by atoms with van der Waals surface area (Å²) in [6, 6.07) is 17.0. The summed E-state index contributed by atoms with van der Waals surface area (Å²) in [7, 11) is -3.68. The topological polar surface area (TPSA) is 105 Å². The third-order valence-corrected chi connectivity index (χ3v) is 5.02. The molecule has 8 heteroatoms. The van der Waals surface area contributed by atoms with E-state index < -0.39 is 15.9 Å². The number of benzene rings is 2. The summed E-state index contributed by atoms with van der Waals surface area (Å²) < 4.78 is 32.2. The molecule has 0 unspecified atom stereocenters. The van der Waals surface area contributed by atoms with E-state index in [1.807, 2.05) is 0 Å². The lowest BCUT2D eigenvalue weighted by atomic mass is 10.3. The molecule has 27 heavy (non-hydrogen) atoms. The van der Waals surface area contributed by atoms with Gasteiger partial charge in [0.05, 0.1) is 4.90 Å². The highest BCUT2D eigenvalue weighted by atomic mass is 32.2. The fraction of sp³-hybridized carbons (Fsp3) is 0.0526. The molecule has 3 aromatic rings. The van der Waals surface area contributed by atoms with Crippen LogP contribution in [0, 0.1) is 0 Å². The summed E-state index contributed by atoms with van der Waals surface area (Å²) in [6.07, 6.45) is 0. The normalized spacial score (nSPS) is 11.0. The van der Waals surface area contributed by atoms with Gasteiger partial charge in [-0.3, -0.25) is 14.3 Å². The van der Waals surface area contributed by atoms with Crippen molar-refractivity contribution in [1.82, 2.24) is 0 Å². The molecule has 1 amide bonds. The Balaban J connectivity index is 1.68. The Bertz CT molecular complexity index is 1070. The number of ketones is 1. The Morgan fingerprint density at radius 1 is 0.815 bits per heavy atom. The molecule has 7 nitrogen and oxygen atoms in total. The van der Waals surface area contributed by atoms with Gasteiger partial charge >= 0.3 is 0 Å². The molecule has 3 rings (SSSR count). The van der Waals surface area contributed by atoms with E-state index in [1.54, 1.807) is 30.3 Å². The predicted octanol–water partition coefficient (Wildman–Crippen LogP) is 3.54. The van der Waals surface area contributed by atoms with Gasteiger partial charge in [-0.1, -0.05) is 18.2 Å². The number of amides is 1. The largest absolute Gasteiger partial charge is 0.448 e. The molecular weight excluding hydrogens is 368 g/mol. The minimum absolute atomic E-state index is 0.00839. The summed E-state index contributed by atoms with van der Waals surface area (Å²) >= 11 is 0. The average Bonchev–Trinajstić information content (AvgIpc) is 3.15. The molecule has 1 aromatic heterocycles. The minimum atomic E-state index is -3.68. The molecule has 0 bridgehead atoms. The van der Waals surface area contributed by atoms with E-state index in [0.717, 1.165) is 0 Å². The monoisotopic (exact) mass is 384 g/mol. The third kappa shape index (κ3) is 4.42. The molecular formula is C19H16N2O5S. The Labute approximate surface area is 156 Å². The zero-order valence-electron chi connectivity index (χ0n) is 14.3. The first-order valence-corrected chi connectivity index (χ1v) is 9.43. The Kier molecular flexibility index (Phi) is 5.09. The average molecular weight is 384 g/mol. The Hall–Kier alpha value is -3.39. The maximum atomic E-state index is 12.3. The van der Waals surface area contributed by atoms with Gasteiger partial charge in [0.1, 0.15) is 0 Å².